The highest BCUT2D eigenvalue weighted by Gasteiger charge is 2.59. The molecule has 2 N–H and O–H groups in total. The van der Waals surface area contributed by atoms with E-state index in [4.69, 9.17) is 15.2 Å². The van der Waals surface area contributed by atoms with E-state index in [1.54, 1.807) is 0 Å². The van der Waals surface area contributed by atoms with Crippen LogP contribution in [0.4, 0.5) is 0 Å². The molecule has 1 unspecified atom stereocenters. The van der Waals surface area contributed by atoms with Gasteiger partial charge in [0.2, 0.25) is 0 Å². The topological polar surface area (TPSA) is 74.4 Å². The first-order valence-electron chi connectivity index (χ1n) is 12.2. The number of allylic oxidation sites excluding steroid dienone is 3. The monoisotopic (exact) mass is 444 g/mol. The van der Waals surface area contributed by atoms with Crippen molar-refractivity contribution in [3.05, 3.63) is 65.2 Å². The van der Waals surface area contributed by atoms with Gasteiger partial charge in [-0.2, -0.15) is 0 Å². The highest BCUT2D eigenvalue weighted by atomic mass is 16.5. The van der Waals surface area contributed by atoms with Gasteiger partial charge in [0.1, 0.15) is 11.9 Å². The SMILES string of the molecule is CO[C@@H]1C[C@H]2[C@@H]3OC4=C(C=C3CC[C@]2(C)[C@H]1c1ccc2ccncc2c1)C(=O)CC(CN)C4. The molecule has 2 aromatic rings. The van der Waals surface area contributed by atoms with Gasteiger partial charge in [-0.1, -0.05) is 19.1 Å². The summed E-state index contributed by atoms with van der Waals surface area (Å²) in [6.07, 6.45) is 10.4. The van der Waals surface area contributed by atoms with Gasteiger partial charge in [-0.05, 0) is 71.9 Å². The van der Waals surface area contributed by atoms with Gasteiger partial charge in [-0.15, -0.1) is 0 Å². The molecule has 1 aromatic heterocycles. The van der Waals surface area contributed by atoms with Crippen LogP contribution in [0.15, 0.2) is 59.6 Å². The Morgan fingerprint density at radius 1 is 1.24 bits per heavy atom. The number of ketones is 1. The number of benzene rings is 1. The van der Waals surface area contributed by atoms with Gasteiger partial charge < -0.3 is 15.2 Å². The fraction of sp³-hybridized carbons (Fsp3) is 0.500. The number of hydrogen-bond donors (Lipinski definition) is 1. The first-order chi connectivity index (χ1) is 16.0. The van der Waals surface area contributed by atoms with Gasteiger partial charge in [0, 0.05) is 49.6 Å². The van der Waals surface area contributed by atoms with E-state index in [1.165, 1.54) is 21.9 Å². The molecular formula is C28H32N2O3. The zero-order valence-corrected chi connectivity index (χ0v) is 19.4. The van der Waals surface area contributed by atoms with Crippen LogP contribution in [-0.2, 0) is 14.3 Å². The lowest BCUT2D eigenvalue weighted by Gasteiger charge is -2.48. The van der Waals surface area contributed by atoms with Gasteiger partial charge >= 0.3 is 0 Å². The predicted octanol–water partition coefficient (Wildman–Crippen LogP) is 4.67. The lowest BCUT2D eigenvalue weighted by Crippen LogP contribution is -2.44. The van der Waals surface area contributed by atoms with Crippen molar-refractivity contribution < 1.29 is 14.3 Å². The van der Waals surface area contributed by atoms with Crippen LogP contribution < -0.4 is 5.73 Å². The second-order valence-electron chi connectivity index (χ2n) is 10.6. The normalized spacial score (nSPS) is 35.5. The second-order valence-corrected chi connectivity index (χ2v) is 10.6. The van der Waals surface area contributed by atoms with Crippen molar-refractivity contribution in [1.82, 2.24) is 4.98 Å². The third kappa shape index (κ3) is 3.20. The van der Waals surface area contributed by atoms with Gasteiger partial charge in [0.05, 0.1) is 11.7 Å². The summed E-state index contributed by atoms with van der Waals surface area (Å²) in [5.41, 5.74) is 9.39. The maximum atomic E-state index is 12.7. The lowest BCUT2D eigenvalue weighted by molar-refractivity contribution is -0.117. The summed E-state index contributed by atoms with van der Waals surface area (Å²) < 4.78 is 12.8. The molecule has 4 aliphatic rings. The Bertz CT molecular complexity index is 1180. The Balaban J connectivity index is 1.36. The molecule has 0 bridgehead atoms. The van der Waals surface area contributed by atoms with Crippen molar-refractivity contribution in [3.8, 4) is 0 Å². The molecule has 2 fully saturated rings. The van der Waals surface area contributed by atoms with Crippen LogP contribution in [0.25, 0.3) is 10.8 Å². The van der Waals surface area contributed by atoms with E-state index in [1.807, 2.05) is 19.5 Å². The standard InChI is InChI=1S/C28H32N2O3/c1-28-7-5-19-12-21-23(31)9-16(14-29)10-24(21)33-27(19)22(28)13-25(32-2)26(28)18-4-3-17-6-8-30-15-20(17)11-18/h3-4,6,8,11-12,15-16,22,25-27H,5,7,9-10,13-14,29H2,1-2H3/t16?,22-,25+,26-,27+,28-/m0/s1. The summed E-state index contributed by atoms with van der Waals surface area (Å²) in [7, 11) is 1.84. The van der Waals surface area contributed by atoms with Crippen LogP contribution in [0, 0.1) is 17.3 Å². The van der Waals surface area contributed by atoms with Crippen LogP contribution in [0.2, 0.25) is 0 Å². The zero-order chi connectivity index (χ0) is 22.7. The number of carbonyl (C=O) groups excluding carboxylic acids is 1. The first kappa shape index (κ1) is 21.1. The first-order valence-corrected chi connectivity index (χ1v) is 12.2. The third-order valence-corrected chi connectivity index (χ3v) is 8.91. The van der Waals surface area contributed by atoms with Crippen LogP contribution in [0.1, 0.15) is 50.5 Å². The molecule has 6 rings (SSSR count). The van der Waals surface area contributed by atoms with Crippen LogP contribution in [0.3, 0.4) is 0 Å². The fourth-order valence-corrected chi connectivity index (χ4v) is 7.12. The number of hydrogen-bond acceptors (Lipinski definition) is 5. The molecule has 3 aliphatic carbocycles. The Labute approximate surface area is 195 Å². The molecule has 33 heavy (non-hydrogen) atoms. The average molecular weight is 445 g/mol. The Morgan fingerprint density at radius 2 is 2.12 bits per heavy atom. The molecule has 2 saturated carbocycles. The summed E-state index contributed by atoms with van der Waals surface area (Å²) in [6, 6.07) is 8.84. The van der Waals surface area contributed by atoms with Crippen molar-refractivity contribution in [2.24, 2.45) is 23.0 Å². The van der Waals surface area contributed by atoms with E-state index in [0.29, 0.717) is 24.8 Å². The number of carbonyl (C=O) groups is 1. The summed E-state index contributed by atoms with van der Waals surface area (Å²) in [5.74, 6) is 1.89. The highest BCUT2D eigenvalue weighted by Crippen LogP contribution is 2.62. The Morgan fingerprint density at radius 3 is 2.94 bits per heavy atom. The van der Waals surface area contributed by atoms with Crippen LogP contribution in [-0.4, -0.2) is 36.6 Å². The van der Waals surface area contributed by atoms with Crippen LogP contribution >= 0.6 is 0 Å². The van der Waals surface area contributed by atoms with Crippen molar-refractivity contribution in [1.29, 1.82) is 0 Å². The fourth-order valence-electron chi connectivity index (χ4n) is 7.12. The lowest BCUT2D eigenvalue weighted by atomic mass is 9.61. The molecule has 0 saturated heterocycles. The van der Waals surface area contributed by atoms with E-state index in [0.717, 1.165) is 37.0 Å². The van der Waals surface area contributed by atoms with E-state index in [-0.39, 0.29) is 29.3 Å². The summed E-state index contributed by atoms with van der Waals surface area (Å²) in [4.78, 5) is 17.1. The molecule has 5 heteroatoms. The van der Waals surface area contributed by atoms with Gasteiger partial charge in [0.25, 0.3) is 0 Å². The minimum atomic E-state index is 0.0246. The minimum Gasteiger partial charge on any atom is -0.489 e. The molecule has 2 heterocycles. The number of ether oxygens (including phenoxy) is 2. The molecule has 172 valence electrons. The number of Topliss-reactive ketones (excluding diaryl/α,β-unsaturated/α-hetero) is 1. The van der Waals surface area contributed by atoms with Crippen molar-refractivity contribution in [2.75, 3.05) is 13.7 Å². The molecular weight excluding hydrogens is 412 g/mol. The highest BCUT2D eigenvalue weighted by molar-refractivity contribution is 6.00. The van der Waals surface area contributed by atoms with E-state index in [9.17, 15) is 4.79 Å². The summed E-state index contributed by atoms with van der Waals surface area (Å²) in [6.45, 7) is 2.95. The number of rotatable bonds is 3. The summed E-state index contributed by atoms with van der Waals surface area (Å²) >= 11 is 0. The predicted molar refractivity (Wildman–Crippen MR) is 127 cm³/mol. The quantitative estimate of drug-likeness (QED) is 0.745. The van der Waals surface area contributed by atoms with Crippen LogP contribution in [0.5, 0.6) is 0 Å². The van der Waals surface area contributed by atoms with E-state index >= 15 is 0 Å². The van der Waals surface area contributed by atoms with Gasteiger partial charge in [-0.25, -0.2) is 0 Å². The van der Waals surface area contributed by atoms with Crippen molar-refractivity contribution in [3.63, 3.8) is 0 Å². The zero-order valence-electron chi connectivity index (χ0n) is 19.4. The molecule has 6 atom stereocenters. The molecule has 1 aromatic carbocycles. The van der Waals surface area contributed by atoms with E-state index in [2.05, 4.69) is 42.2 Å². The van der Waals surface area contributed by atoms with E-state index < -0.39 is 0 Å². The molecule has 0 radical (unpaired) electrons. The molecule has 1 aliphatic heterocycles. The van der Waals surface area contributed by atoms with Crippen molar-refractivity contribution >= 4 is 16.6 Å². The number of pyridine rings is 1. The van der Waals surface area contributed by atoms with Gasteiger partial charge in [-0.3, -0.25) is 9.78 Å². The Hall–Kier alpha value is -2.50. The van der Waals surface area contributed by atoms with Gasteiger partial charge in [0.15, 0.2) is 5.78 Å². The maximum Gasteiger partial charge on any atom is 0.166 e. The smallest absolute Gasteiger partial charge is 0.166 e. The summed E-state index contributed by atoms with van der Waals surface area (Å²) in [5, 5.41) is 2.38. The largest absolute Gasteiger partial charge is 0.489 e. The molecule has 0 amide bonds. The third-order valence-electron chi connectivity index (χ3n) is 8.91. The number of methoxy groups -OCH3 is 1. The molecule has 5 nitrogen and oxygen atoms in total. The minimum absolute atomic E-state index is 0.0246. The maximum absolute atomic E-state index is 12.7. The Kier molecular flexibility index (Phi) is 4.96. The number of nitrogens with zero attached hydrogens (tertiary/aromatic N) is 1. The number of fused-ring (bicyclic) bond motifs is 4. The van der Waals surface area contributed by atoms with Crippen molar-refractivity contribution in [2.45, 2.75) is 57.2 Å². The number of aromatic nitrogens is 1. The molecule has 0 spiro atoms. The second kappa shape index (κ2) is 7.78. The average Bonchev–Trinajstić information content (AvgIpc) is 3.15. The number of nitrogens with two attached hydrogens (primary N) is 1.